The zero-order valence-electron chi connectivity index (χ0n) is 8.62. The van der Waals surface area contributed by atoms with E-state index in [0.717, 1.165) is 25.7 Å². The lowest BCUT2D eigenvalue weighted by Crippen LogP contribution is -2.31. The smallest absolute Gasteiger partial charge is 0.306 e. The van der Waals surface area contributed by atoms with Crippen LogP contribution in [0.15, 0.2) is 0 Å². The zero-order chi connectivity index (χ0) is 9.84. The Morgan fingerprint density at radius 3 is 2.62 bits per heavy atom. The second-order valence-electron chi connectivity index (χ2n) is 4.28. The van der Waals surface area contributed by atoms with Crippen LogP contribution in [0.25, 0.3) is 0 Å². The standard InChI is InChI=1S/C11H20O2/c1-3-8(2)9-6-4-5-7-10(9)11(12)13/h8-10H,3-7H2,1-2H3,(H,12,13). The molecule has 0 heterocycles. The van der Waals surface area contributed by atoms with Crippen molar-refractivity contribution in [3.8, 4) is 0 Å². The van der Waals surface area contributed by atoms with Crippen LogP contribution in [0, 0.1) is 17.8 Å². The minimum Gasteiger partial charge on any atom is -0.481 e. The van der Waals surface area contributed by atoms with E-state index in [-0.39, 0.29) is 5.92 Å². The van der Waals surface area contributed by atoms with Crippen molar-refractivity contribution < 1.29 is 9.90 Å². The highest BCUT2D eigenvalue weighted by Crippen LogP contribution is 2.36. The monoisotopic (exact) mass is 184 g/mol. The first-order chi connectivity index (χ1) is 6.16. The van der Waals surface area contributed by atoms with Crippen LogP contribution < -0.4 is 0 Å². The van der Waals surface area contributed by atoms with E-state index in [1.807, 2.05) is 0 Å². The summed E-state index contributed by atoms with van der Waals surface area (Å²) >= 11 is 0. The van der Waals surface area contributed by atoms with Crippen LogP contribution in [0.3, 0.4) is 0 Å². The second-order valence-corrected chi connectivity index (χ2v) is 4.28. The Morgan fingerprint density at radius 1 is 1.46 bits per heavy atom. The quantitative estimate of drug-likeness (QED) is 0.732. The Morgan fingerprint density at radius 2 is 2.08 bits per heavy atom. The molecule has 0 amide bonds. The van der Waals surface area contributed by atoms with Crippen molar-refractivity contribution in [2.24, 2.45) is 17.8 Å². The molecule has 1 aliphatic carbocycles. The van der Waals surface area contributed by atoms with E-state index in [4.69, 9.17) is 5.11 Å². The van der Waals surface area contributed by atoms with Gasteiger partial charge in [-0.25, -0.2) is 0 Å². The molecule has 0 radical (unpaired) electrons. The Labute approximate surface area is 80.3 Å². The molecule has 0 bridgehead atoms. The van der Waals surface area contributed by atoms with Gasteiger partial charge < -0.3 is 5.11 Å². The summed E-state index contributed by atoms with van der Waals surface area (Å²) in [7, 11) is 0. The predicted molar refractivity (Wildman–Crippen MR) is 52.5 cm³/mol. The molecule has 76 valence electrons. The van der Waals surface area contributed by atoms with Crippen LogP contribution >= 0.6 is 0 Å². The number of carboxylic acids is 1. The Balaban J connectivity index is 2.61. The number of carbonyl (C=O) groups is 1. The van der Waals surface area contributed by atoms with Gasteiger partial charge in [-0.1, -0.05) is 33.1 Å². The first kappa shape index (κ1) is 10.6. The van der Waals surface area contributed by atoms with Gasteiger partial charge >= 0.3 is 5.97 Å². The van der Waals surface area contributed by atoms with E-state index in [1.165, 1.54) is 6.42 Å². The molecule has 1 N–H and O–H groups in total. The summed E-state index contributed by atoms with van der Waals surface area (Å²) < 4.78 is 0. The van der Waals surface area contributed by atoms with Gasteiger partial charge in [-0.15, -0.1) is 0 Å². The van der Waals surface area contributed by atoms with Crippen molar-refractivity contribution in [2.75, 3.05) is 0 Å². The molecule has 0 aromatic carbocycles. The van der Waals surface area contributed by atoms with Crippen molar-refractivity contribution in [1.82, 2.24) is 0 Å². The highest BCUT2D eigenvalue weighted by Gasteiger charge is 2.33. The van der Waals surface area contributed by atoms with E-state index in [0.29, 0.717) is 11.8 Å². The van der Waals surface area contributed by atoms with Crippen molar-refractivity contribution in [1.29, 1.82) is 0 Å². The van der Waals surface area contributed by atoms with Crippen molar-refractivity contribution >= 4 is 5.97 Å². The van der Waals surface area contributed by atoms with Gasteiger partial charge in [0.1, 0.15) is 0 Å². The largest absolute Gasteiger partial charge is 0.481 e. The van der Waals surface area contributed by atoms with Gasteiger partial charge in [-0.3, -0.25) is 4.79 Å². The van der Waals surface area contributed by atoms with Gasteiger partial charge in [0.15, 0.2) is 0 Å². The minimum absolute atomic E-state index is 0.0660. The lowest BCUT2D eigenvalue weighted by molar-refractivity contribution is -0.145. The van der Waals surface area contributed by atoms with Gasteiger partial charge in [0.2, 0.25) is 0 Å². The summed E-state index contributed by atoms with van der Waals surface area (Å²) in [6.07, 6.45) is 5.44. The van der Waals surface area contributed by atoms with Crippen LogP contribution in [0.2, 0.25) is 0 Å². The maximum atomic E-state index is 11.0. The summed E-state index contributed by atoms with van der Waals surface area (Å²) in [6.45, 7) is 4.34. The number of rotatable bonds is 3. The molecule has 1 aliphatic rings. The lowest BCUT2D eigenvalue weighted by atomic mass is 9.72. The van der Waals surface area contributed by atoms with Crippen molar-refractivity contribution in [3.63, 3.8) is 0 Å². The van der Waals surface area contributed by atoms with Crippen LogP contribution in [-0.4, -0.2) is 11.1 Å². The number of carboxylic acid groups (broad SMARTS) is 1. The molecule has 1 rings (SSSR count). The van der Waals surface area contributed by atoms with E-state index >= 15 is 0 Å². The van der Waals surface area contributed by atoms with E-state index < -0.39 is 5.97 Å². The molecule has 2 nitrogen and oxygen atoms in total. The third kappa shape index (κ3) is 2.45. The van der Waals surface area contributed by atoms with Crippen LogP contribution in [0.4, 0.5) is 0 Å². The summed E-state index contributed by atoms with van der Waals surface area (Å²) in [5.74, 6) is 0.353. The fraction of sp³-hybridized carbons (Fsp3) is 0.909. The fourth-order valence-corrected chi connectivity index (χ4v) is 2.45. The Kier molecular flexibility index (Phi) is 3.76. The number of hydrogen-bond acceptors (Lipinski definition) is 1. The summed E-state index contributed by atoms with van der Waals surface area (Å²) in [5, 5.41) is 9.05. The Hall–Kier alpha value is -0.530. The summed E-state index contributed by atoms with van der Waals surface area (Å²) in [4.78, 5) is 11.0. The van der Waals surface area contributed by atoms with Crippen LogP contribution in [0.5, 0.6) is 0 Å². The average molecular weight is 184 g/mol. The summed E-state index contributed by atoms with van der Waals surface area (Å²) in [5.41, 5.74) is 0. The first-order valence-corrected chi connectivity index (χ1v) is 5.39. The predicted octanol–water partition coefficient (Wildman–Crippen LogP) is 2.92. The number of aliphatic carboxylic acids is 1. The molecule has 3 unspecified atom stereocenters. The van der Waals surface area contributed by atoms with Crippen molar-refractivity contribution in [2.45, 2.75) is 46.0 Å². The first-order valence-electron chi connectivity index (χ1n) is 5.39. The van der Waals surface area contributed by atoms with E-state index in [2.05, 4.69) is 13.8 Å². The molecule has 1 fully saturated rings. The maximum Gasteiger partial charge on any atom is 0.306 e. The van der Waals surface area contributed by atoms with E-state index in [9.17, 15) is 4.79 Å². The average Bonchev–Trinajstić information content (AvgIpc) is 2.16. The third-order valence-electron chi connectivity index (χ3n) is 3.51. The molecule has 0 spiro atoms. The van der Waals surface area contributed by atoms with E-state index in [1.54, 1.807) is 0 Å². The topological polar surface area (TPSA) is 37.3 Å². The normalized spacial score (nSPS) is 31.2. The third-order valence-corrected chi connectivity index (χ3v) is 3.51. The molecule has 13 heavy (non-hydrogen) atoms. The Bertz CT molecular complexity index is 177. The van der Waals surface area contributed by atoms with Gasteiger partial charge in [0.05, 0.1) is 5.92 Å². The molecule has 3 atom stereocenters. The minimum atomic E-state index is -0.579. The van der Waals surface area contributed by atoms with Gasteiger partial charge in [-0.2, -0.15) is 0 Å². The van der Waals surface area contributed by atoms with Gasteiger partial charge in [0, 0.05) is 0 Å². The molecule has 1 saturated carbocycles. The molecule has 2 heteroatoms. The molecule has 0 aromatic rings. The SMILES string of the molecule is CCC(C)C1CCCCC1C(=O)O. The maximum absolute atomic E-state index is 11.0. The fourth-order valence-electron chi connectivity index (χ4n) is 2.45. The molecule has 0 aliphatic heterocycles. The molecular weight excluding hydrogens is 164 g/mol. The van der Waals surface area contributed by atoms with Crippen LogP contribution in [0.1, 0.15) is 46.0 Å². The number of hydrogen-bond donors (Lipinski definition) is 1. The van der Waals surface area contributed by atoms with Gasteiger partial charge in [0.25, 0.3) is 0 Å². The van der Waals surface area contributed by atoms with Gasteiger partial charge in [-0.05, 0) is 24.7 Å². The highest BCUT2D eigenvalue weighted by molar-refractivity contribution is 5.70. The second kappa shape index (κ2) is 4.64. The molecular formula is C11H20O2. The lowest BCUT2D eigenvalue weighted by Gasteiger charge is -2.32. The molecule has 0 aromatic heterocycles. The molecule has 0 saturated heterocycles. The van der Waals surface area contributed by atoms with Crippen molar-refractivity contribution in [3.05, 3.63) is 0 Å². The van der Waals surface area contributed by atoms with Crippen LogP contribution in [-0.2, 0) is 4.79 Å². The summed E-state index contributed by atoms with van der Waals surface area (Å²) in [6, 6.07) is 0. The zero-order valence-corrected chi connectivity index (χ0v) is 8.62. The highest BCUT2D eigenvalue weighted by atomic mass is 16.4.